The van der Waals surface area contributed by atoms with Crippen LogP contribution in [0.3, 0.4) is 0 Å². The van der Waals surface area contributed by atoms with E-state index in [9.17, 15) is 9.59 Å². The van der Waals surface area contributed by atoms with E-state index in [0.717, 1.165) is 31.2 Å². The van der Waals surface area contributed by atoms with Crippen molar-refractivity contribution in [1.82, 2.24) is 5.32 Å². The molecule has 0 unspecified atom stereocenters. The first-order valence-electron chi connectivity index (χ1n) is 10.0. The number of esters is 1. The van der Waals surface area contributed by atoms with E-state index >= 15 is 0 Å². The Labute approximate surface area is 167 Å². The maximum absolute atomic E-state index is 12.3. The molecule has 0 radical (unpaired) electrons. The van der Waals surface area contributed by atoms with Crippen LogP contribution in [0, 0.1) is 0 Å². The zero-order valence-electron chi connectivity index (χ0n) is 17.0. The number of ether oxygens (including phenoxy) is 3. The highest BCUT2D eigenvalue weighted by Crippen LogP contribution is 2.28. The number of amides is 1. The highest BCUT2D eigenvalue weighted by molar-refractivity contribution is 5.90. The van der Waals surface area contributed by atoms with Crippen molar-refractivity contribution < 1.29 is 23.8 Å². The highest BCUT2D eigenvalue weighted by Gasteiger charge is 2.21. The van der Waals surface area contributed by atoms with Gasteiger partial charge in [-0.15, -0.1) is 0 Å². The lowest BCUT2D eigenvalue weighted by Gasteiger charge is -2.19. The molecule has 1 aliphatic carbocycles. The van der Waals surface area contributed by atoms with E-state index in [1.807, 2.05) is 13.0 Å². The van der Waals surface area contributed by atoms with Crippen molar-refractivity contribution in [1.29, 1.82) is 0 Å². The molecule has 1 fully saturated rings. The zero-order chi connectivity index (χ0) is 20.4. The van der Waals surface area contributed by atoms with Crippen LogP contribution >= 0.6 is 0 Å². The van der Waals surface area contributed by atoms with Crippen molar-refractivity contribution in [3.8, 4) is 11.5 Å². The van der Waals surface area contributed by atoms with Gasteiger partial charge in [0.25, 0.3) is 5.91 Å². The number of methoxy groups -OCH3 is 1. The lowest BCUT2D eigenvalue weighted by molar-refractivity contribution is -0.150. The van der Waals surface area contributed by atoms with Gasteiger partial charge in [0.2, 0.25) is 0 Å². The lowest BCUT2D eigenvalue weighted by Crippen LogP contribution is -2.41. The van der Waals surface area contributed by atoms with Crippen LogP contribution in [0.1, 0.15) is 57.9 Å². The van der Waals surface area contributed by atoms with Crippen molar-refractivity contribution in [2.75, 3.05) is 13.7 Å². The summed E-state index contributed by atoms with van der Waals surface area (Å²) in [6.07, 6.45) is 8.80. The Morgan fingerprint density at radius 3 is 2.54 bits per heavy atom. The van der Waals surface area contributed by atoms with Crippen LogP contribution in [0.5, 0.6) is 11.5 Å². The number of rotatable bonds is 8. The summed E-state index contributed by atoms with van der Waals surface area (Å²) in [6, 6.07) is 5.56. The van der Waals surface area contributed by atoms with E-state index in [2.05, 4.69) is 5.32 Å². The average molecular weight is 389 g/mol. The second-order valence-corrected chi connectivity index (χ2v) is 6.95. The van der Waals surface area contributed by atoms with Crippen LogP contribution < -0.4 is 14.8 Å². The monoisotopic (exact) mass is 389 g/mol. The Morgan fingerprint density at radius 2 is 1.89 bits per heavy atom. The third-order valence-corrected chi connectivity index (χ3v) is 4.76. The van der Waals surface area contributed by atoms with E-state index in [0.29, 0.717) is 18.1 Å². The molecule has 0 aromatic heterocycles. The van der Waals surface area contributed by atoms with Crippen molar-refractivity contribution in [3.63, 3.8) is 0 Å². The number of benzene rings is 1. The molecule has 1 atom stereocenters. The summed E-state index contributed by atoms with van der Waals surface area (Å²) in [5.74, 6) is 0.441. The van der Waals surface area contributed by atoms with Gasteiger partial charge in [0.05, 0.1) is 13.7 Å². The first kappa shape index (κ1) is 21.8. The maximum atomic E-state index is 12.3. The Morgan fingerprint density at radius 1 is 1.18 bits per heavy atom. The molecule has 0 aliphatic heterocycles. The van der Waals surface area contributed by atoms with Gasteiger partial charge >= 0.3 is 5.97 Å². The summed E-state index contributed by atoms with van der Waals surface area (Å²) in [5, 5.41) is 3.00. The fourth-order valence-electron chi connectivity index (χ4n) is 3.24. The van der Waals surface area contributed by atoms with Gasteiger partial charge < -0.3 is 19.5 Å². The molecule has 1 aliphatic rings. The minimum atomic E-state index is -0.824. The topological polar surface area (TPSA) is 73.9 Å². The molecule has 6 heteroatoms. The molecular weight excluding hydrogens is 358 g/mol. The number of nitrogens with one attached hydrogen (secondary N) is 1. The minimum absolute atomic E-state index is 0.183. The summed E-state index contributed by atoms with van der Waals surface area (Å²) in [6.45, 7) is 4.00. The van der Waals surface area contributed by atoms with Crippen LogP contribution in [0.25, 0.3) is 6.08 Å². The first-order chi connectivity index (χ1) is 13.5. The van der Waals surface area contributed by atoms with Crippen LogP contribution in [-0.4, -0.2) is 37.7 Å². The molecular formula is C22H31NO5. The normalized spacial score (nSPS) is 16.2. The molecule has 1 saturated carbocycles. The van der Waals surface area contributed by atoms with Crippen LogP contribution in [0.15, 0.2) is 24.3 Å². The van der Waals surface area contributed by atoms with Gasteiger partial charge in [-0.05, 0) is 50.5 Å². The van der Waals surface area contributed by atoms with Crippen molar-refractivity contribution in [3.05, 3.63) is 29.8 Å². The smallest absolute Gasteiger partial charge is 0.331 e. The second-order valence-electron chi connectivity index (χ2n) is 6.95. The van der Waals surface area contributed by atoms with Crippen LogP contribution in [-0.2, 0) is 14.3 Å². The number of hydrogen-bond donors (Lipinski definition) is 1. The predicted molar refractivity (Wildman–Crippen MR) is 108 cm³/mol. The van der Waals surface area contributed by atoms with Gasteiger partial charge in [-0.25, -0.2) is 4.79 Å². The van der Waals surface area contributed by atoms with Crippen molar-refractivity contribution in [2.45, 2.75) is 64.5 Å². The molecule has 2 rings (SSSR count). The minimum Gasteiger partial charge on any atom is -0.493 e. The molecule has 0 saturated heterocycles. The maximum Gasteiger partial charge on any atom is 0.331 e. The lowest BCUT2D eigenvalue weighted by atomic mass is 10.1. The Hall–Kier alpha value is -2.50. The third-order valence-electron chi connectivity index (χ3n) is 4.76. The van der Waals surface area contributed by atoms with E-state index in [1.54, 1.807) is 32.2 Å². The molecule has 1 aromatic carbocycles. The largest absolute Gasteiger partial charge is 0.493 e. The Bertz CT molecular complexity index is 678. The second kappa shape index (κ2) is 11.4. The van der Waals surface area contributed by atoms with Crippen LogP contribution in [0.2, 0.25) is 0 Å². The number of carbonyl (C=O) groups excluding carboxylic acids is 2. The van der Waals surface area contributed by atoms with E-state index in [4.69, 9.17) is 14.2 Å². The van der Waals surface area contributed by atoms with E-state index < -0.39 is 12.1 Å². The molecule has 28 heavy (non-hydrogen) atoms. The number of carbonyl (C=O) groups is 2. The average Bonchev–Trinajstić information content (AvgIpc) is 2.95. The molecule has 1 amide bonds. The summed E-state index contributed by atoms with van der Waals surface area (Å²) < 4.78 is 16.0. The van der Waals surface area contributed by atoms with E-state index in [-0.39, 0.29) is 11.9 Å². The summed E-state index contributed by atoms with van der Waals surface area (Å²) in [4.78, 5) is 24.3. The van der Waals surface area contributed by atoms with Crippen molar-refractivity contribution in [2.24, 2.45) is 0 Å². The molecule has 154 valence electrons. The molecule has 1 N–H and O–H groups in total. The Balaban J connectivity index is 1.88. The van der Waals surface area contributed by atoms with Gasteiger partial charge in [0, 0.05) is 12.1 Å². The fourth-order valence-corrected chi connectivity index (χ4v) is 3.24. The highest BCUT2D eigenvalue weighted by atomic mass is 16.5. The fraction of sp³-hybridized carbons (Fsp3) is 0.545. The third kappa shape index (κ3) is 6.91. The summed E-state index contributed by atoms with van der Waals surface area (Å²) in [5.41, 5.74) is 0.775. The van der Waals surface area contributed by atoms with Gasteiger partial charge in [-0.2, -0.15) is 0 Å². The molecule has 1 aromatic rings. The first-order valence-corrected chi connectivity index (χ1v) is 10.0. The van der Waals surface area contributed by atoms with Crippen LogP contribution in [0.4, 0.5) is 0 Å². The van der Waals surface area contributed by atoms with Gasteiger partial charge in [0.1, 0.15) is 0 Å². The van der Waals surface area contributed by atoms with Gasteiger partial charge in [0.15, 0.2) is 17.6 Å². The molecule has 0 bridgehead atoms. The standard InChI is InChI=1S/C22H31NO5/c1-4-27-20-15-17(11-13-19(20)26-3)12-14-21(24)28-16(2)22(25)23-18-9-7-5-6-8-10-18/h11-16,18H,4-10H2,1-3H3,(H,23,25)/b14-12+/t16-/m0/s1. The Kier molecular flexibility index (Phi) is 8.85. The number of hydrogen-bond acceptors (Lipinski definition) is 5. The molecule has 0 spiro atoms. The quantitative estimate of drug-likeness (QED) is 0.415. The SMILES string of the molecule is CCOc1cc(/C=C/C(=O)O[C@@H](C)C(=O)NC2CCCCCC2)ccc1OC. The zero-order valence-corrected chi connectivity index (χ0v) is 17.0. The summed E-state index contributed by atoms with van der Waals surface area (Å²) >= 11 is 0. The predicted octanol–water partition coefficient (Wildman–Crippen LogP) is 3.88. The molecule has 6 nitrogen and oxygen atoms in total. The van der Waals surface area contributed by atoms with Gasteiger partial charge in [-0.3, -0.25) is 4.79 Å². The van der Waals surface area contributed by atoms with Crippen molar-refractivity contribution >= 4 is 18.0 Å². The van der Waals surface area contributed by atoms with Gasteiger partial charge in [-0.1, -0.05) is 31.7 Å². The summed E-state index contributed by atoms with van der Waals surface area (Å²) in [7, 11) is 1.58. The van der Waals surface area contributed by atoms with E-state index in [1.165, 1.54) is 18.9 Å². The molecule has 0 heterocycles.